The van der Waals surface area contributed by atoms with Crippen LogP contribution in [0.1, 0.15) is 12.0 Å². The summed E-state index contributed by atoms with van der Waals surface area (Å²) in [4.78, 5) is 0. The highest BCUT2D eigenvalue weighted by Gasteiger charge is 2.11. The van der Waals surface area contributed by atoms with Gasteiger partial charge >= 0.3 is 0 Å². The number of allylic oxidation sites excluding steroid dienone is 1. The molecule has 2 aromatic rings. The van der Waals surface area contributed by atoms with E-state index in [0.29, 0.717) is 0 Å². The van der Waals surface area contributed by atoms with Crippen molar-refractivity contribution < 1.29 is 0 Å². The number of nitrogens with one attached hydrogen (secondary N) is 2. The highest BCUT2D eigenvalue weighted by Crippen LogP contribution is 2.29. The first kappa shape index (κ1) is 10.9. The predicted octanol–water partition coefficient (Wildman–Crippen LogP) is 4.30. The number of benzene rings is 2. The van der Waals surface area contributed by atoms with Crippen LogP contribution in [0.5, 0.6) is 0 Å². The smallest absolute Gasteiger partial charge is 0.0415 e. The molecule has 90 valence electrons. The zero-order chi connectivity index (χ0) is 12.4. The van der Waals surface area contributed by atoms with Gasteiger partial charge < -0.3 is 10.6 Å². The SMILES string of the molecule is C=C1CCc2cc(Nc3ccccc3)ccc2N1. The van der Waals surface area contributed by atoms with Gasteiger partial charge in [-0.1, -0.05) is 24.8 Å². The Morgan fingerprint density at radius 1 is 0.944 bits per heavy atom. The van der Waals surface area contributed by atoms with Crippen molar-refractivity contribution in [2.75, 3.05) is 10.6 Å². The number of para-hydroxylation sites is 1. The lowest BCUT2D eigenvalue weighted by Gasteiger charge is -2.21. The molecule has 0 saturated carbocycles. The molecule has 2 nitrogen and oxygen atoms in total. The number of fused-ring (bicyclic) bond motifs is 1. The van der Waals surface area contributed by atoms with E-state index < -0.39 is 0 Å². The second-order valence-corrected chi connectivity index (χ2v) is 4.59. The van der Waals surface area contributed by atoms with E-state index in [9.17, 15) is 0 Å². The Bertz CT molecular complexity index is 573. The van der Waals surface area contributed by atoms with E-state index >= 15 is 0 Å². The maximum absolute atomic E-state index is 3.98. The lowest BCUT2D eigenvalue weighted by atomic mass is 10.0. The van der Waals surface area contributed by atoms with Gasteiger partial charge in [0, 0.05) is 22.8 Å². The minimum atomic E-state index is 1.02. The zero-order valence-corrected chi connectivity index (χ0v) is 10.2. The van der Waals surface area contributed by atoms with Crippen LogP contribution in [0.2, 0.25) is 0 Å². The van der Waals surface area contributed by atoms with Crippen LogP contribution in [-0.2, 0) is 6.42 Å². The molecule has 1 aliphatic rings. The largest absolute Gasteiger partial charge is 0.359 e. The Balaban J connectivity index is 1.85. The quantitative estimate of drug-likeness (QED) is 0.812. The molecule has 0 spiro atoms. The molecule has 1 aliphatic heterocycles. The second-order valence-electron chi connectivity index (χ2n) is 4.59. The van der Waals surface area contributed by atoms with E-state index in [4.69, 9.17) is 0 Å². The third-order valence-corrected chi connectivity index (χ3v) is 3.18. The Morgan fingerprint density at radius 3 is 2.61 bits per heavy atom. The van der Waals surface area contributed by atoms with E-state index in [0.717, 1.165) is 29.9 Å². The molecule has 1 heterocycles. The topological polar surface area (TPSA) is 24.1 Å². The maximum Gasteiger partial charge on any atom is 0.0415 e. The van der Waals surface area contributed by atoms with Gasteiger partial charge in [0.1, 0.15) is 0 Å². The molecule has 2 N–H and O–H groups in total. The number of hydrogen-bond acceptors (Lipinski definition) is 2. The minimum Gasteiger partial charge on any atom is -0.359 e. The molecule has 0 unspecified atom stereocenters. The fourth-order valence-corrected chi connectivity index (χ4v) is 2.23. The van der Waals surface area contributed by atoms with Gasteiger partial charge in [-0.25, -0.2) is 0 Å². The summed E-state index contributed by atoms with van der Waals surface area (Å²) >= 11 is 0. The van der Waals surface area contributed by atoms with Crippen LogP contribution in [0.4, 0.5) is 17.1 Å². The summed E-state index contributed by atoms with van der Waals surface area (Å²) in [6.45, 7) is 3.98. The van der Waals surface area contributed by atoms with Gasteiger partial charge in [0.15, 0.2) is 0 Å². The minimum absolute atomic E-state index is 1.02. The first-order chi connectivity index (χ1) is 8.81. The molecule has 18 heavy (non-hydrogen) atoms. The molecule has 0 amide bonds. The number of hydrogen-bond donors (Lipinski definition) is 2. The van der Waals surface area contributed by atoms with Gasteiger partial charge in [-0.2, -0.15) is 0 Å². The van der Waals surface area contributed by atoms with Crippen LogP contribution >= 0.6 is 0 Å². The van der Waals surface area contributed by atoms with Crippen molar-refractivity contribution in [2.24, 2.45) is 0 Å². The summed E-state index contributed by atoms with van der Waals surface area (Å²) in [5.41, 5.74) is 5.89. The fraction of sp³-hybridized carbons (Fsp3) is 0.125. The summed E-state index contributed by atoms with van der Waals surface area (Å²) in [7, 11) is 0. The lowest BCUT2D eigenvalue weighted by molar-refractivity contribution is 0.919. The first-order valence-electron chi connectivity index (χ1n) is 6.21. The average molecular weight is 236 g/mol. The van der Waals surface area contributed by atoms with Crippen molar-refractivity contribution in [2.45, 2.75) is 12.8 Å². The molecule has 0 saturated heterocycles. The monoisotopic (exact) mass is 236 g/mol. The van der Waals surface area contributed by atoms with Crippen LogP contribution in [0, 0.1) is 0 Å². The normalized spacial score (nSPS) is 13.7. The molecular weight excluding hydrogens is 220 g/mol. The molecule has 0 radical (unpaired) electrons. The van der Waals surface area contributed by atoms with E-state index in [1.807, 2.05) is 18.2 Å². The van der Waals surface area contributed by atoms with Gasteiger partial charge in [0.2, 0.25) is 0 Å². The standard InChI is InChI=1S/C16H16N2/c1-12-7-8-13-11-15(9-10-16(13)17-12)18-14-5-3-2-4-6-14/h2-6,9-11,17-18H,1,7-8H2. The third kappa shape index (κ3) is 2.23. The third-order valence-electron chi connectivity index (χ3n) is 3.18. The molecule has 0 aliphatic carbocycles. The second kappa shape index (κ2) is 4.57. The summed E-state index contributed by atoms with van der Waals surface area (Å²) in [6.07, 6.45) is 2.08. The van der Waals surface area contributed by atoms with E-state index in [1.165, 1.54) is 11.3 Å². The molecule has 2 aromatic carbocycles. The van der Waals surface area contributed by atoms with Crippen molar-refractivity contribution in [3.63, 3.8) is 0 Å². The predicted molar refractivity (Wildman–Crippen MR) is 77.3 cm³/mol. The molecule has 0 fully saturated rings. The summed E-state index contributed by atoms with van der Waals surface area (Å²) in [5.74, 6) is 0. The summed E-state index contributed by atoms with van der Waals surface area (Å²) in [5, 5.41) is 6.74. The van der Waals surface area contributed by atoms with Gasteiger partial charge in [-0.3, -0.25) is 0 Å². The highest BCUT2D eigenvalue weighted by molar-refractivity contribution is 5.67. The highest BCUT2D eigenvalue weighted by atomic mass is 14.9. The van der Waals surface area contributed by atoms with E-state index in [-0.39, 0.29) is 0 Å². The van der Waals surface area contributed by atoms with Crippen LogP contribution in [0.3, 0.4) is 0 Å². The van der Waals surface area contributed by atoms with Gasteiger partial charge in [-0.05, 0) is 48.7 Å². The Kier molecular flexibility index (Phi) is 2.77. The molecule has 3 rings (SSSR count). The summed E-state index contributed by atoms with van der Waals surface area (Å²) < 4.78 is 0. The average Bonchev–Trinajstić information content (AvgIpc) is 2.40. The van der Waals surface area contributed by atoms with Crippen LogP contribution < -0.4 is 10.6 Å². The number of rotatable bonds is 2. The first-order valence-corrected chi connectivity index (χ1v) is 6.21. The van der Waals surface area contributed by atoms with Crippen LogP contribution in [-0.4, -0.2) is 0 Å². The van der Waals surface area contributed by atoms with E-state index in [1.54, 1.807) is 0 Å². The number of aryl methyl sites for hydroxylation is 1. The molecule has 2 heteroatoms. The van der Waals surface area contributed by atoms with Crippen molar-refractivity contribution >= 4 is 17.1 Å². The van der Waals surface area contributed by atoms with Gasteiger partial charge in [-0.15, -0.1) is 0 Å². The van der Waals surface area contributed by atoms with Gasteiger partial charge in [0.05, 0.1) is 0 Å². The van der Waals surface area contributed by atoms with Crippen molar-refractivity contribution in [1.29, 1.82) is 0 Å². The zero-order valence-electron chi connectivity index (χ0n) is 10.2. The molecular formula is C16H16N2. The van der Waals surface area contributed by atoms with Crippen LogP contribution in [0.15, 0.2) is 60.8 Å². The van der Waals surface area contributed by atoms with Gasteiger partial charge in [0.25, 0.3) is 0 Å². The number of anilines is 3. The fourth-order valence-electron chi connectivity index (χ4n) is 2.23. The Morgan fingerprint density at radius 2 is 1.78 bits per heavy atom. The van der Waals surface area contributed by atoms with E-state index in [2.05, 4.69) is 47.5 Å². The maximum atomic E-state index is 3.98. The van der Waals surface area contributed by atoms with Crippen molar-refractivity contribution in [3.05, 3.63) is 66.4 Å². The molecule has 0 aromatic heterocycles. The lowest BCUT2D eigenvalue weighted by Crippen LogP contribution is -2.09. The van der Waals surface area contributed by atoms with Crippen LogP contribution in [0.25, 0.3) is 0 Å². The Labute approximate surface area is 107 Å². The van der Waals surface area contributed by atoms with Crippen molar-refractivity contribution in [1.82, 2.24) is 0 Å². The Hall–Kier alpha value is -2.22. The summed E-state index contributed by atoms with van der Waals surface area (Å²) in [6, 6.07) is 16.6. The molecule has 0 bridgehead atoms. The molecule has 0 atom stereocenters. The van der Waals surface area contributed by atoms with Crippen molar-refractivity contribution in [3.8, 4) is 0 Å².